The molecule has 108 valence electrons. The Morgan fingerprint density at radius 1 is 1.35 bits per heavy atom. The summed E-state index contributed by atoms with van der Waals surface area (Å²) in [5, 5.41) is 11.8. The van der Waals surface area contributed by atoms with E-state index in [0.717, 1.165) is 37.9 Å². The highest BCUT2D eigenvalue weighted by Crippen LogP contribution is 2.30. The van der Waals surface area contributed by atoms with Gasteiger partial charge in [0.05, 0.1) is 0 Å². The fourth-order valence-electron chi connectivity index (χ4n) is 2.63. The second-order valence-electron chi connectivity index (χ2n) is 5.62. The lowest BCUT2D eigenvalue weighted by molar-refractivity contribution is 0.247. The number of aromatic nitrogens is 1. The minimum atomic E-state index is 0.126. The van der Waals surface area contributed by atoms with E-state index in [2.05, 4.69) is 19.9 Å². The highest BCUT2D eigenvalue weighted by atomic mass is 16.4. The second-order valence-corrected chi connectivity index (χ2v) is 5.62. The maximum atomic E-state index is 8.74. The van der Waals surface area contributed by atoms with E-state index in [4.69, 9.17) is 10.9 Å². The summed E-state index contributed by atoms with van der Waals surface area (Å²) in [5.74, 6) is 1.98. The number of oxime groups is 1. The molecule has 20 heavy (non-hydrogen) atoms. The van der Waals surface area contributed by atoms with Crippen molar-refractivity contribution in [3.63, 3.8) is 0 Å². The van der Waals surface area contributed by atoms with E-state index < -0.39 is 0 Å². The Kier molecular flexibility index (Phi) is 3.73. The minimum absolute atomic E-state index is 0.126. The van der Waals surface area contributed by atoms with Crippen molar-refractivity contribution in [2.75, 3.05) is 37.6 Å². The smallest absolute Gasteiger partial charge is 0.170 e. The zero-order chi connectivity index (χ0) is 13.9. The van der Waals surface area contributed by atoms with E-state index in [-0.39, 0.29) is 5.84 Å². The molecule has 3 rings (SSSR count). The number of pyridine rings is 1. The Balaban J connectivity index is 1.62. The van der Waals surface area contributed by atoms with Gasteiger partial charge in [-0.2, -0.15) is 0 Å². The highest BCUT2D eigenvalue weighted by molar-refractivity contribution is 5.97. The van der Waals surface area contributed by atoms with Crippen LogP contribution in [0.5, 0.6) is 0 Å². The molecule has 2 heterocycles. The molecule has 0 amide bonds. The molecule has 0 aromatic carbocycles. The molecule has 1 aliphatic heterocycles. The Hall–Kier alpha value is -1.82. The highest BCUT2D eigenvalue weighted by Gasteiger charge is 2.26. The fourth-order valence-corrected chi connectivity index (χ4v) is 2.63. The number of nitrogens with zero attached hydrogens (tertiary/aromatic N) is 4. The molecule has 0 bridgehead atoms. The van der Waals surface area contributed by atoms with E-state index in [1.54, 1.807) is 12.3 Å². The lowest BCUT2D eigenvalue weighted by Gasteiger charge is -2.35. The molecule has 1 saturated heterocycles. The van der Waals surface area contributed by atoms with Gasteiger partial charge in [-0.25, -0.2) is 4.98 Å². The van der Waals surface area contributed by atoms with Crippen molar-refractivity contribution < 1.29 is 5.21 Å². The first kappa shape index (κ1) is 13.2. The van der Waals surface area contributed by atoms with Gasteiger partial charge in [-0.3, -0.25) is 4.90 Å². The Bertz CT molecular complexity index is 492. The number of hydrogen-bond donors (Lipinski definition) is 2. The van der Waals surface area contributed by atoms with Crippen LogP contribution in [0.15, 0.2) is 23.5 Å². The molecule has 1 saturated carbocycles. The summed E-state index contributed by atoms with van der Waals surface area (Å²) in [5.41, 5.74) is 6.33. The van der Waals surface area contributed by atoms with Gasteiger partial charge in [0.1, 0.15) is 5.82 Å². The predicted molar refractivity (Wildman–Crippen MR) is 78.1 cm³/mol. The van der Waals surface area contributed by atoms with E-state index >= 15 is 0 Å². The molecule has 0 radical (unpaired) electrons. The first-order chi connectivity index (χ1) is 9.76. The van der Waals surface area contributed by atoms with Crippen molar-refractivity contribution in [3.8, 4) is 0 Å². The summed E-state index contributed by atoms with van der Waals surface area (Å²) in [4.78, 5) is 9.20. The summed E-state index contributed by atoms with van der Waals surface area (Å²) in [6.07, 6.45) is 4.52. The van der Waals surface area contributed by atoms with Gasteiger partial charge in [-0.1, -0.05) is 5.16 Å². The zero-order valence-corrected chi connectivity index (χ0v) is 11.6. The molecule has 2 fully saturated rings. The predicted octanol–water partition coefficient (Wildman–Crippen LogP) is 0.708. The number of amidine groups is 1. The van der Waals surface area contributed by atoms with Crippen LogP contribution >= 0.6 is 0 Å². The third kappa shape index (κ3) is 3.01. The summed E-state index contributed by atoms with van der Waals surface area (Å²) in [6.45, 7) is 5.40. The summed E-state index contributed by atoms with van der Waals surface area (Å²) in [7, 11) is 0. The zero-order valence-electron chi connectivity index (χ0n) is 11.6. The van der Waals surface area contributed by atoms with Crippen molar-refractivity contribution >= 4 is 11.7 Å². The summed E-state index contributed by atoms with van der Waals surface area (Å²) in [6, 6.07) is 3.63. The Morgan fingerprint density at radius 3 is 2.75 bits per heavy atom. The van der Waals surface area contributed by atoms with E-state index in [0.29, 0.717) is 5.56 Å². The molecule has 6 nitrogen and oxygen atoms in total. The average Bonchev–Trinajstić information content (AvgIpc) is 3.31. The largest absolute Gasteiger partial charge is 0.409 e. The van der Waals surface area contributed by atoms with Gasteiger partial charge in [0.2, 0.25) is 0 Å². The van der Waals surface area contributed by atoms with Crippen LogP contribution in [0.2, 0.25) is 0 Å². The first-order valence-electron chi connectivity index (χ1n) is 7.17. The lowest BCUT2D eigenvalue weighted by atomic mass is 10.2. The van der Waals surface area contributed by atoms with Crippen LogP contribution in [0.3, 0.4) is 0 Å². The Labute approximate surface area is 118 Å². The average molecular weight is 275 g/mol. The monoisotopic (exact) mass is 275 g/mol. The molecule has 1 aromatic rings. The van der Waals surface area contributed by atoms with Crippen LogP contribution in [0.4, 0.5) is 5.82 Å². The van der Waals surface area contributed by atoms with Crippen LogP contribution in [0, 0.1) is 5.92 Å². The number of anilines is 1. The third-order valence-electron chi connectivity index (χ3n) is 4.06. The quantitative estimate of drug-likeness (QED) is 0.366. The molecule has 0 atom stereocenters. The number of piperazine rings is 1. The van der Waals surface area contributed by atoms with E-state index in [9.17, 15) is 0 Å². The fraction of sp³-hybridized carbons (Fsp3) is 0.571. The lowest BCUT2D eigenvalue weighted by Crippen LogP contribution is -2.47. The molecule has 2 aliphatic rings. The third-order valence-corrected chi connectivity index (χ3v) is 4.06. The minimum Gasteiger partial charge on any atom is -0.409 e. The standard InChI is InChI=1S/C14H21N5O/c15-14(17-20)12-3-4-16-13(9-12)19-7-5-18(6-8-19)10-11-1-2-11/h3-4,9,11,20H,1-2,5-8,10H2,(H2,15,17). The van der Waals surface area contributed by atoms with Crippen LogP contribution in [0.1, 0.15) is 18.4 Å². The van der Waals surface area contributed by atoms with Crippen LogP contribution in [0.25, 0.3) is 0 Å². The van der Waals surface area contributed by atoms with Crippen molar-refractivity contribution in [2.45, 2.75) is 12.8 Å². The van der Waals surface area contributed by atoms with Crippen LogP contribution in [-0.2, 0) is 0 Å². The summed E-state index contributed by atoms with van der Waals surface area (Å²) >= 11 is 0. The molecule has 0 unspecified atom stereocenters. The Morgan fingerprint density at radius 2 is 2.10 bits per heavy atom. The molecule has 1 aromatic heterocycles. The van der Waals surface area contributed by atoms with Gasteiger partial charge in [-0.05, 0) is 30.9 Å². The number of nitrogens with two attached hydrogens (primary N) is 1. The first-order valence-corrected chi connectivity index (χ1v) is 7.17. The second kappa shape index (κ2) is 5.66. The molecular weight excluding hydrogens is 254 g/mol. The van der Waals surface area contributed by atoms with Gasteiger partial charge in [0, 0.05) is 44.5 Å². The van der Waals surface area contributed by atoms with Crippen molar-refractivity contribution in [1.82, 2.24) is 9.88 Å². The molecular formula is C14H21N5O. The van der Waals surface area contributed by atoms with Gasteiger partial charge in [0.15, 0.2) is 5.84 Å². The maximum absolute atomic E-state index is 8.74. The number of hydrogen-bond acceptors (Lipinski definition) is 5. The maximum Gasteiger partial charge on any atom is 0.170 e. The topological polar surface area (TPSA) is 78.0 Å². The normalized spacial score (nSPS) is 21.2. The van der Waals surface area contributed by atoms with Gasteiger partial charge in [-0.15, -0.1) is 0 Å². The summed E-state index contributed by atoms with van der Waals surface area (Å²) < 4.78 is 0. The molecule has 3 N–H and O–H groups in total. The van der Waals surface area contributed by atoms with Crippen molar-refractivity contribution in [1.29, 1.82) is 0 Å². The van der Waals surface area contributed by atoms with Gasteiger partial charge in [0.25, 0.3) is 0 Å². The van der Waals surface area contributed by atoms with Crippen LogP contribution in [-0.4, -0.2) is 53.7 Å². The molecule has 6 heteroatoms. The SMILES string of the molecule is NC(=NO)c1ccnc(N2CCN(CC3CC3)CC2)c1. The van der Waals surface area contributed by atoms with Crippen molar-refractivity contribution in [2.24, 2.45) is 16.8 Å². The van der Waals surface area contributed by atoms with Gasteiger partial charge < -0.3 is 15.8 Å². The van der Waals surface area contributed by atoms with Crippen molar-refractivity contribution in [3.05, 3.63) is 23.9 Å². The van der Waals surface area contributed by atoms with Crippen LogP contribution < -0.4 is 10.6 Å². The number of rotatable bonds is 4. The van der Waals surface area contributed by atoms with Gasteiger partial charge >= 0.3 is 0 Å². The molecule has 1 aliphatic carbocycles. The molecule has 0 spiro atoms. The van der Waals surface area contributed by atoms with E-state index in [1.807, 2.05) is 6.07 Å². The van der Waals surface area contributed by atoms with E-state index in [1.165, 1.54) is 19.4 Å².